The summed E-state index contributed by atoms with van der Waals surface area (Å²) < 4.78 is 0. The molecule has 0 aliphatic heterocycles. The van der Waals surface area contributed by atoms with Crippen LogP contribution in [0.15, 0.2) is 0 Å². The van der Waals surface area contributed by atoms with Gasteiger partial charge in [-0.25, -0.2) is 0 Å². The predicted octanol–water partition coefficient (Wildman–Crippen LogP) is 3.75. The van der Waals surface area contributed by atoms with Gasteiger partial charge in [0, 0.05) is 0 Å². The van der Waals surface area contributed by atoms with E-state index >= 15 is 0 Å². The van der Waals surface area contributed by atoms with E-state index in [0.29, 0.717) is 5.92 Å². The topological polar surface area (TPSA) is 20.2 Å². The van der Waals surface area contributed by atoms with Crippen LogP contribution in [0.4, 0.5) is 0 Å². The molecule has 0 aromatic carbocycles. The van der Waals surface area contributed by atoms with Crippen LogP contribution < -0.4 is 0 Å². The summed E-state index contributed by atoms with van der Waals surface area (Å²) in [6.07, 6.45) is 10.2. The smallest absolute Gasteiger partial charge is 0.0568 e. The molecule has 1 nitrogen and oxygen atoms in total. The molecule has 0 saturated heterocycles. The second-order valence-corrected chi connectivity index (χ2v) is 4.90. The Morgan fingerprint density at radius 3 is 2.36 bits per heavy atom. The Morgan fingerprint density at radius 2 is 1.86 bits per heavy atom. The molecule has 1 aliphatic rings. The summed E-state index contributed by atoms with van der Waals surface area (Å²) in [5.41, 5.74) is 0. The molecule has 0 spiro atoms. The molecule has 1 heteroatoms. The highest BCUT2D eigenvalue weighted by atomic mass is 16.3. The third kappa shape index (κ3) is 4.45. The van der Waals surface area contributed by atoms with Crippen LogP contribution in [0.1, 0.15) is 65.2 Å². The first-order chi connectivity index (χ1) is 6.77. The maximum atomic E-state index is 9.76. The van der Waals surface area contributed by atoms with E-state index in [9.17, 15) is 5.11 Å². The van der Waals surface area contributed by atoms with E-state index in [0.717, 1.165) is 12.3 Å². The molecular formula is C13H26O. The lowest BCUT2D eigenvalue weighted by atomic mass is 9.92. The van der Waals surface area contributed by atoms with Gasteiger partial charge in [-0.3, -0.25) is 0 Å². The van der Waals surface area contributed by atoms with Gasteiger partial charge in [-0.15, -0.1) is 0 Å². The minimum absolute atomic E-state index is 0.0191. The van der Waals surface area contributed by atoms with Crippen LogP contribution in [0.3, 0.4) is 0 Å². The van der Waals surface area contributed by atoms with Gasteiger partial charge in [0.2, 0.25) is 0 Å². The fourth-order valence-electron chi connectivity index (χ4n) is 2.17. The molecule has 0 bridgehead atoms. The van der Waals surface area contributed by atoms with Crippen molar-refractivity contribution in [3.05, 3.63) is 0 Å². The molecule has 0 radical (unpaired) electrons. The molecule has 84 valence electrons. The quantitative estimate of drug-likeness (QED) is 0.629. The standard InChI is InChI=1S/C13H26O/c1-3-5-6-11(4-2)7-10-13(14)12-8-9-12/h11-14H,3-10H2,1-2H3. The number of hydrogen-bond donors (Lipinski definition) is 1. The lowest BCUT2D eigenvalue weighted by molar-refractivity contribution is 0.131. The van der Waals surface area contributed by atoms with E-state index in [-0.39, 0.29) is 6.10 Å². The zero-order valence-electron chi connectivity index (χ0n) is 9.84. The molecule has 1 saturated carbocycles. The van der Waals surface area contributed by atoms with Gasteiger partial charge in [0.1, 0.15) is 0 Å². The van der Waals surface area contributed by atoms with Crippen molar-refractivity contribution in [2.75, 3.05) is 0 Å². The van der Waals surface area contributed by atoms with Crippen molar-refractivity contribution < 1.29 is 5.11 Å². The monoisotopic (exact) mass is 198 g/mol. The van der Waals surface area contributed by atoms with E-state index in [1.165, 1.54) is 44.9 Å². The normalized spacial score (nSPS) is 20.8. The molecule has 0 heterocycles. The Bertz CT molecular complexity index is 140. The largest absolute Gasteiger partial charge is 0.393 e. The maximum Gasteiger partial charge on any atom is 0.0568 e. The Hall–Kier alpha value is -0.0400. The molecule has 2 unspecified atom stereocenters. The van der Waals surface area contributed by atoms with E-state index in [1.54, 1.807) is 0 Å². The number of unbranched alkanes of at least 4 members (excludes halogenated alkanes) is 1. The van der Waals surface area contributed by atoms with Crippen molar-refractivity contribution in [3.8, 4) is 0 Å². The summed E-state index contributed by atoms with van der Waals surface area (Å²) in [6, 6.07) is 0. The Morgan fingerprint density at radius 1 is 1.14 bits per heavy atom. The number of hydrogen-bond acceptors (Lipinski definition) is 1. The lowest BCUT2D eigenvalue weighted by Gasteiger charge is -2.16. The first kappa shape index (κ1) is 12.0. The van der Waals surface area contributed by atoms with Gasteiger partial charge < -0.3 is 5.11 Å². The van der Waals surface area contributed by atoms with Gasteiger partial charge in [0.15, 0.2) is 0 Å². The number of aliphatic hydroxyl groups excluding tert-OH is 1. The summed E-state index contributed by atoms with van der Waals surface area (Å²) in [5, 5.41) is 9.76. The van der Waals surface area contributed by atoms with E-state index < -0.39 is 0 Å². The van der Waals surface area contributed by atoms with E-state index in [1.807, 2.05) is 0 Å². The molecular weight excluding hydrogens is 172 g/mol. The first-order valence-electron chi connectivity index (χ1n) is 6.46. The van der Waals surface area contributed by atoms with Crippen LogP contribution in [-0.4, -0.2) is 11.2 Å². The van der Waals surface area contributed by atoms with E-state index in [4.69, 9.17) is 0 Å². The first-order valence-corrected chi connectivity index (χ1v) is 6.46. The highest BCUT2D eigenvalue weighted by Crippen LogP contribution is 2.35. The average molecular weight is 198 g/mol. The SMILES string of the molecule is CCCCC(CC)CCC(O)C1CC1. The molecule has 1 N–H and O–H groups in total. The van der Waals surface area contributed by atoms with Crippen molar-refractivity contribution in [1.82, 2.24) is 0 Å². The van der Waals surface area contributed by atoms with Crippen LogP contribution in [0.5, 0.6) is 0 Å². The molecule has 0 amide bonds. The zero-order chi connectivity index (χ0) is 10.4. The minimum atomic E-state index is 0.0191. The van der Waals surface area contributed by atoms with Crippen LogP contribution >= 0.6 is 0 Å². The molecule has 0 aromatic heterocycles. The van der Waals surface area contributed by atoms with Gasteiger partial charge in [-0.1, -0.05) is 39.5 Å². The zero-order valence-corrected chi connectivity index (χ0v) is 9.84. The van der Waals surface area contributed by atoms with Crippen LogP contribution in [0, 0.1) is 11.8 Å². The summed E-state index contributed by atoms with van der Waals surface area (Å²) in [7, 11) is 0. The van der Waals surface area contributed by atoms with Gasteiger partial charge in [0.25, 0.3) is 0 Å². The lowest BCUT2D eigenvalue weighted by Crippen LogP contribution is -2.11. The van der Waals surface area contributed by atoms with Crippen LogP contribution in [0.2, 0.25) is 0 Å². The summed E-state index contributed by atoms with van der Waals surface area (Å²) in [4.78, 5) is 0. The molecule has 1 rings (SSSR count). The van der Waals surface area contributed by atoms with Crippen molar-refractivity contribution in [2.45, 2.75) is 71.3 Å². The third-order valence-electron chi connectivity index (χ3n) is 3.58. The number of rotatable bonds is 8. The third-order valence-corrected chi connectivity index (χ3v) is 3.58. The second-order valence-electron chi connectivity index (χ2n) is 4.90. The van der Waals surface area contributed by atoms with Crippen molar-refractivity contribution in [1.29, 1.82) is 0 Å². The minimum Gasteiger partial charge on any atom is -0.393 e. The van der Waals surface area contributed by atoms with Crippen molar-refractivity contribution >= 4 is 0 Å². The second kappa shape index (κ2) is 6.44. The summed E-state index contributed by atoms with van der Waals surface area (Å²) in [5.74, 6) is 1.53. The number of aliphatic hydroxyl groups is 1. The fraction of sp³-hybridized carbons (Fsp3) is 1.00. The van der Waals surface area contributed by atoms with Gasteiger partial charge in [-0.05, 0) is 37.5 Å². The average Bonchev–Trinajstić information content (AvgIpc) is 3.01. The van der Waals surface area contributed by atoms with Crippen molar-refractivity contribution in [3.63, 3.8) is 0 Å². The summed E-state index contributed by atoms with van der Waals surface area (Å²) in [6.45, 7) is 4.54. The maximum absolute atomic E-state index is 9.76. The van der Waals surface area contributed by atoms with Crippen molar-refractivity contribution in [2.24, 2.45) is 11.8 Å². The van der Waals surface area contributed by atoms with Crippen LogP contribution in [-0.2, 0) is 0 Å². The highest BCUT2D eigenvalue weighted by Gasteiger charge is 2.29. The molecule has 1 aliphatic carbocycles. The highest BCUT2D eigenvalue weighted by molar-refractivity contribution is 4.81. The predicted molar refractivity (Wildman–Crippen MR) is 61.3 cm³/mol. The van der Waals surface area contributed by atoms with Gasteiger partial charge in [-0.2, -0.15) is 0 Å². The molecule has 2 atom stereocenters. The van der Waals surface area contributed by atoms with Gasteiger partial charge >= 0.3 is 0 Å². The molecule has 0 aromatic rings. The Labute approximate surface area is 88.9 Å². The van der Waals surface area contributed by atoms with Gasteiger partial charge in [0.05, 0.1) is 6.10 Å². The van der Waals surface area contributed by atoms with Crippen LogP contribution in [0.25, 0.3) is 0 Å². The molecule has 1 fully saturated rings. The Kier molecular flexibility index (Phi) is 5.54. The Balaban J connectivity index is 2.06. The van der Waals surface area contributed by atoms with E-state index in [2.05, 4.69) is 13.8 Å². The fourth-order valence-corrected chi connectivity index (χ4v) is 2.17. The molecule has 14 heavy (non-hydrogen) atoms. The summed E-state index contributed by atoms with van der Waals surface area (Å²) >= 11 is 0.